The molecule has 0 aromatic heterocycles. The molecule has 2 heterocycles. The van der Waals surface area contributed by atoms with Crippen LogP contribution in [-0.2, 0) is 19.2 Å². The molecule has 29 heavy (non-hydrogen) atoms. The van der Waals surface area contributed by atoms with Crippen LogP contribution in [0.2, 0.25) is 0 Å². The minimum Gasteiger partial charge on any atom is -0.493 e. The van der Waals surface area contributed by atoms with Crippen molar-refractivity contribution in [2.75, 3.05) is 38.8 Å². The lowest BCUT2D eigenvalue weighted by Crippen LogP contribution is -2.36. The van der Waals surface area contributed by atoms with Crippen molar-refractivity contribution in [3.8, 4) is 11.5 Å². The zero-order chi connectivity index (χ0) is 21.0. The molecular weight excluding hydrogens is 378 g/mol. The first-order chi connectivity index (χ1) is 13.9. The molecule has 9 heteroatoms. The van der Waals surface area contributed by atoms with Crippen molar-refractivity contribution in [2.24, 2.45) is 5.92 Å². The van der Waals surface area contributed by atoms with E-state index in [0.29, 0.717) is 36.7 Å². The van der Waals surface area contributed by atoms with Gasteiger partial charge in [0.25, 0.3) is 0 Å². The van der Waals surface area contributed by atoms with Gasteiger partial charge in [0.2, 0.25) is 23.6 Å². The van der Waals surface area contributed by atoms with Crippen molar-refractivity contribution < 1.29 is 28.7 Å². The third kappa shape index (κ3) is 4.49. The van der Waals surface area contributed by atoms with Crippen LogP contribution in [0.25, 0.3) is 0 Å². The van der Waals surface area contributed by atoms with Gasteiger partial charge in [-0.25, -0.2) is 0 Å². The highest BCUT2D eigenvalue weighted by Gasteiger charge is 2.35. The lowest BCUT2D eigenvalue weighted by molar-refractivity contribution is -0.138. The third-order valence-electron chi connectivity index (χ3n) is 5.19. The lowest BCUT2D eigenvalue weighted by Gasteiger charge is -2.18. The smallest absolute Gasteiger partial charge is 0.229 e. The van der Waals surface area contributed by atoms with Gasteiger partial charge in [-0.15, -0.1) is 0 Å². The van der Waals surface area contributed by atoms with E-state index in [1.54, 1.807) is 23.1 Å². The van der Waals surface area contributed by atoms with Crippen LogP contribution in [-0.4, -0.2) is 62.4 Å². The Balaban J connectivity index is 1.51. The molecule has 156 valence electrons. The normalized spacial score (nSPS) is 19.1. The summed E-state index contributed by atoms with van der Waals surface area (Å²) in [7, 11) is 3.06. The molecule has 2 saturated heterocycles. The van der Waals surface area contributed by atoms with Gasteiger partial charge in [-0.1, -0.05) is 0 Å². The first-order valence-corrected chi connectivity index (χ1v) is 9.58. The molecule has 1 aromatic carbocycles. The predicted octanol–water partition coefficient (Wildman–Crippen LogP) is 0.712. The summed E-state index contributed by atoms with van der Waals surface area (Å²) in [5.74, 6) is -0.0397. The summed E-state index contributed by atoms with van der Waals surface area (Å²) in [5, 5.41) is 2.80. The summed E-state index contributed by atoms with van der Waals surface area (Å²) in [6, 6.07) is 5.18. The number of hydrogen-bond donors (Lipinski definition) is 1. The van der Waals surface area contributed by atoms with Crippen LogP contribution in [0.3, 0.4) is 0 Å². The molecule has 3 rings (SSSR count). The van der Waals surface area contributed by atoms with E-state index >= 15 is 0 Å². The van der Waals surface area contributed by atoms with E-state index in [2.05, 4.69) is 5.32 Å². The second-order valence-corrected chi connectivity index (χ2v) is 7.03. The number of ether oxygens (including phenoxy) is 2. The van der Waals surface area contributed by atoms with Gasteiger partial charge in [-0.3, -0.25) is 24.1 Å². The average Bonchev–Trinajstić information content (AvgIpc) is 3.27. The van der Waals surface area contributed by atoms with E-state index in [0.717, 1.165) is 0 Å². The number of rotatable bonds is 8. The number of benzene rings is 1. The molecule has 1 unspecified atom stereocenters. The van der Waals surface area contributed by atoms with Gasteiger partial charge in [0.1, 0.15) is 0 Å². The standard InChI is InChI=1S/C20H25N3O6/c1-28-15-5-4-14(11-16(15)29-2)23-12-13(10-19(23)26)20(27)21-8-3-9-22-17(24)6-7-18(22)25/h4-5,11,13H,3,6-10,12H2,1-2H3,(H,21,27). The van der Waals surface area contributed by atoms with Crippen LogP contribution in [0.1, 0.15) is 25.7 Å². The second-order valence-electron chi connectivity index (χ2n) is 7.03. The number of methoxy groups -OCH3 is 2. The van der Waals surface area contributed by atoms with Crippen molar-refractivity contribution in [1.82, 2.24) is 10.2 Å². The predicted molar refractivity (Wildman–Crippen MR) is 104 cm³/mol. The second kappa shape index (κ2) is 8.93. The highest BCUT2D eigenvalue weighted by Crippen LogP contribution is 2.34. The molecular formula is C20H25N3O6. The molecule has 2 fully saturated rings. The van der Waals surface area contributed by atoms with Crippen LogP contribution >= 0.6 is 0 Å². The summed E-state index contributed by atoms with van der Waals surface area (Å²) in [6.07, 6.45) is 1.15. The average molecular weight is 403 g/mol. The number of imide groups is 1. The molecule has 0 radical (unpaired) electrons. The first kappa shape index (κ1) is 20.6. The monoisotopic (exact) mass is 403 g/mol. The number of amides is 4. The van der Waals surface area contributed by atoms with E-state index in [-0.39, 0.29) is 49.4 Å². The Morgan fingerprint density at radius 3 is 2.41 bits per heavy atom. The molecule has 0 spiro atoms. The van der Waals surface area contributed by atoms with E-state index in [1.807, 2.05) is 0 Å². The van der Waals surface area contributed by atoms with Crippen molar-refractivity contribution in [2.45, 2.75) is 25.7 Å². The molecule has 9 nitrogen and oxygen atoms in total. The summed E-state index contributed by atoms with van der Waals surface area (Å²) in [4.78, 5) is 50.8. The highest BCUT2D eigenvalue weighted by atomic mass is 16.5. The molecule has 0 bridgehead atoms. The Labute approximate surface area is 168 Å². The maximum atomic E-state index is 12.4. The van der Waals surface area contributed by atoms with Gasteiger partial charge in [0, 0.05) is 50.7 Å². The number of likely N-dealkylation sites (tertiary alicyclic amines) is 1. The van der Waals surface area contributed by atoms with Crippen molar-refractivity contribution >= 4 is 29.3 Å². The highest BCUT2D eigenvalue weighted by molar-refractivity contribution is 6.02. The molecule has 4 amide bonds. The SMILES string of the molecule is COc1ccc(N2CC(C(=O)NCCCN3C(=O)CCC3=O)CC2=O)cc1OC. The number of nitrogens with zero attached hydrogens (tertiary/aromatic N) is 2. The van der Waals surface area contributed by atoms with Gasteiger partial charge in [-0.2, -0.15) is 0 Å². The van der Waals surface area contributed by atoms with Crippen LogP contribution in [0.4, 0.5) is 5.69 Å². The fourth-order valence-electron chi connectivity index (χ4n) is 3.59. The maximum Gasteiger partial charge on any atom is 0.229 e. The fourth-order valence-corrected chi connectivity index (χ4v) is 3.59. The molecule has 1 atom stereocenters. The molecule has 1 N–H and O–H groups in total. The Morgan fingerprint density at radius 1 is 1.07 bits per heavy atom. The van der Waals surface area contributed by atoms with Crippen LogP contribution in [0.15, 0.2) is 18.2 Å². The topological polar surface area (TPSA) is 105 Å². The Kier molecular flexibility index (Phi) is 6.36. The first-order valence-electron chi connectivity index (χ1n) is 9.58. The number of hydrogen-bond acceptors (Lipinski definition) is 6. The third-order valence-corrected chi connectivity index (χ3v) is 5.19. The molecule has 2 aliphatic heterocycles. The van der Waals surface area contributed by atoms with Crippen molar-refractivity contribution in [1.29, 1.82) is 0 Å². The maximum absolute atomic E-state index is 12.4. The van der Waals surface area contributed by atoms with Crippen LogP contribution < -0.4 is 19.7 Å². The van der Waals surface area contributed by atoms with Gasteiger partial charge in [-0.05, 0) is 18.6 Å². The van der Waals surface area contributed by atoms with E-state index < -0.39 is 5.92 Å². The summed E-state index contributed by atoms with van der Waals surface area (Å²) in [5.41, 5.74) is 0.647. The van der Waals surface area contributed by atoms with Crippen LogP contribution in [0, 0.1) is 5.92 Å². The summed E-state index contributed by atoms with van der Waals surface area (Å²) in [6.45, 7) is 0.930. The largest absolute Gasteiger partial charge is 0.493 e. The zero-order valence-electron chi connectivity index (χ0n) is 16.6. The van der Waals surface area contributed by atoms with E-state index in [9.17, 15) is 19.2 Å². The number of nitrogens with one attached hydrogen (secondary N) is 1. The lowest BCUT2D eigenvalue weighted by atomic mass is 10.1. The number of anilines is 1. The number of carbonyl (C=O) groups excluding carboxylic acids is 4. The van der Waals surface area contributed by atoms with Gasteiger partial charge < -0.3 is 19.7 Å². The Morgan fingerprint density at radius 2 is 1.76 bits per heavy atom. The molecule has 2 aliphatic rings. The van der Waals surface area contributed by atoms with Gasteiger partial charge in [0.05, 0.1) is 20.1 Å². The zero-order valence-corrected chi connectivity index (χ0v) is 16.6. The molecule has 1 aromatic rings. The van der Waals surface area contributed by atoms with E-state index in [1.165, 1.54) is 19.1 Å². The van der Waals surface area contributed by atoms with E-state index in [4.69, 9.17) is 9.47 Å². The fraction of sp³-hybridized carbons (Fsp3) is 0.500. The Hall–Kier alpha value is -3.10. The van der Waals surface area contributed by atoms with Crippen LogP contribution in [0.5, 0.6) is 11.5 Å². The van der Waals surface area contributed by atoms with Gasteiger partial charge >= 0.3 is 0 Å². The van der Waals surface area contributed by atoms with Gasteiger partial charge in [0.15, 0.2) is 11.5 Å². The minimum absolute atomic E-state index is 0.128. The van der Waals surface area contributed by atoms with Crippen molar-refractivity contribution in [3.05, 3.63) is 18.2 Å². The quantitative estimate of drug-likeness (QED) is 0.506. The summed E-state index contributed by atoms with van der Waals surface area (Å²) < 4.78 is 10.5. The molecule has 0 saturated carbocycles. The van der Waals surface area contributed by atoms with Crippen molar-refractivity contribution in [3.63, 3.8) is 0 Å². The summed E-state index contributed by atoms with van der Waals surface area (Å²) >= 11 is 0. The minimum atomic E-state index is -0.453. The Bertz CT molecular complexity index is 808. The number of carbonyl (C=O) groups is 4. The molecule has 0 aliphatic carbocycles.